The fraction of sp³-hybridized carbons (Fsp3) is 0.647. The van der Waals surface area contributed by atoms with Crippen molar-refractivity contribution in [3.8, 4) is 0 Å². The molecule has 0 radical (unpaired) electrons. The molecule has 21 heavy (non-hydrogen) atoms. The molecule has 0 heterocycles. The third-order valence-corrected chi connectivity index (χ3v) is 5.37. The zero-order chi connectivity index (χ0) is 15.5. The van der Waals surface area contributed by atoms with Gasteiger partial charge in [-0.15, -0.1) is 0 Å². The fourth-order valence-corrected chi connectivity index (χ4v) is 3.77. The second-order valence-corrected chi connectivity index (χ2v) is 6.94. The molecule has 1 aromatic carbocycles. The van der Waals surface area contributed by atoms with Crippen molar-refractivity contribution in [2.24, 2.45) is 5.92 Å². The van der Waals surface area contributed by atoms with Gasteiger partial charge in [0.05, 0.1) is 16.1 Å². The molecular formula is C17H25BrFNO. The van der Waals surface area contributed by atoms with Crippen LogP contribution in [-0.2, 0) is 4.74 Å². The van der Waals surface area contributed by atoms with Gasteiger partial charge < -0.3 is 10.1 Å². The van der Waals surface area contributed by atoms with E-state index in [1.807, 2.05) is 12.1 Å². The fourth-order valence-electron chi connectivity index (χ4n) is 3.39. The molecule has 0 amide bonds. The summed E-state index contributed by atoms with van der Waals surface area (Å²) in [7, 11) is 1.76. The number of ether oxygens (including phenoxy) is 1. The lowest BCUT2D eigenvalue weighted by Crippen LogP contribution is -2.48. The molecule has 1 N–H and O–H groups in total. The van der Waals surface area contributed by atoms with E-state index in [9.17, 15) is 4.39 Å². The number of rotatable bonds is 5. The Morgan fingerprint density at radius 1 is 1.43 bits per heavy atom. The number of nitrogens with one attached hydrogen (secondary N) is 1. The van der Waals surface area contributed by atoms with E-state index < -0.39 is 0 Å². The summed E-state index contributed by atoms with van der Waals surface area (Å²) in [5.41, 5.74) is 0.382. The minimum Gasteiger partial charge on any atom is -0.376 e. The highest BCUT2D eigenvalue weighted by atomic mass is 79.9. The molecule has 1 atom stereocenters. The molecule has 0 saturated heterocycles. The van der Waals surface area contributed by atoms with E-state index in [1.54, 1.807) is 13.2 Å². The average molecular weight is 358 g/mol. The standard InChI is InChI=1S/C17H25BrFNO/c1-4-20-16(13-6-5-7-14(18)15(13)19)17(21-3)10-8-12(2)9-11-17/h5-7,12,16,20H,4,8-11H2,1-3H3. The van der Waals surface area contributed by atoms with Crippen LogP contribution in [0.5, 0.6) is 0 Å². The highest BCUT2D eigenvalue weighted by Crippen LogP contribution is 2.44. The Kier molecular flexibility index (Phi) is 5.81. The lowest BCUT2D eigenvalue weighted by atomic mass is 9.73. The first-order valence-corrected chi connectivity index (χ1v) is 8.55. The number of likely N-dealkylation sites (N-methyl/N-ethyl adjacent to an activating group) is 1. The van der Waals surface area contributed by atoms with Crippen molar-refractivity contribution < 1.29 is 9.13 Å². The predicted octanol–water partition coefficient (Wildman–Crippen LogP) is 4.83. The Morgan fingerprint density at radius 2 is 2.10 bits per heavy atom. The van der Waals surface area contributed by atoms with E-state index >= 15 is 0 Å². The maximum absolute atomic E-state index is 14.6. The van der Waals surface area contributed by atoms with E-state index in [-0.39, 0.29) is 17.5 Å². The summed E-state index contributed by atoms with van der Waals surface area (Å²) >= 11 is 3.29. The van der Waals surface area contributed by atoms with Crippen LogP contribution in [0.4, 0.5) is 4.39 Å². The molecule has 4 heteroatoms. The maximum atomic E-state index is 14.6. The number of hydrogen-bond acceptors (Lipinski definition) is 2. The van der Waals surface area contributed by atoms with Gasteiger partial charge in [-0.3, -0.25) is 0 Å². The van der Waals surface area contributed by atoms with Gasteiger partial charge in [-0.2, -0.15) is 0 Å². The van der Waals surface area contributed by atoms with E-state index in [0.717, 1.165) is 38.1 Å². The summed E-state index contributed by atoms with van der Waals surface area (Å²) in [6.45, 7) is 5.12. The molecule has 2 nitrogen and oxygen atoms in total. The molecule has 1 aromatic rings. The van der Waals surface area contributed by atoms with Gasteiger partial charge in [0.1, 0.15) is 5.82 Å². The van der Waals surface area contributed by atoms with Crippen LogP contribution in [0, 0.1) is 11.7 Å². The lowest BCUT2D eigenvalue weighted by molar-refractivity contribution is -0.0764. The van der Waals surface area contributed by atoms with E-state index in [2.05, 4.69) is 35.1 Å². The zero-order valence-electron chi connectivity index (χ0n) is 13.1. The summed E-state index contributed by atoms with van der Waals surface area (Å²) < 4.78 is 21.0. The molecule has 0 spiro atoms. The second kappa shape index (κ2) is 7.21. The van der Waals surface area contributed by atoms with Crippen molar-refractivity contribution >= 4 is 15.9 Å². The molecule has 1 aliphatic rings. The average Bonchev–Trinajstić information content (AvgIpc) is 2.50. The molecule has 0 bridgehead atoms. The highest BCUT2D eigenvalue weighted by molar-refractivity contribution is 9.10. The van der Waals surface area contributed by atoms with Crippen molar-refractivity contribution in [3.63, 3.8) is 0 Å². The third-order valence-electron chi connectivity index (χ3n) is 4.75. The summed E-state index contributed by atoms with van der Waals surface area (Å²) in [4.78, 5) is 0. The largest absolute Gasteiger partial charge is 0.376 e. The first-order chi connectivity index (χ1) is 10.0. The molecule has 1 unspecified atom stereocenters. The van der Waals surface area contributed by atoms with Crippen LogP contribution in [0.25, 0.3) is 0 Å². The van der Waals surface area contributed by atoms with Gasteiger partial charge in [-0.25, -0.2) is 4.39 Å². The topological polar surface area (TPSA) is 21.3 Å². The molecule has 0 aromatic heterocycles. The molecule has 0 aliphatic heterocycles. The maximum Gasteiger partial charge on any atom is 0.142 e. The SMILES string of the molecule is CCNC(c1cccc(Br)c1F)C1(OC)CCC(C)CC1. The van der Waals surface area contributed by atoms with Crippen molar-refractivity contribution in [2.75, 3.05) is 13.7 Å². The van der Waals surface area contributed by atoms with Crippen LogP contribution in [0.15, 0.2) is 22.7 Å². The number of benzene rings is 1. The molecule has 1 aliphatic carbocycles. The first-order valence-electron chi connectivity index (χ1n) is 7.76. The Balaban J connectivity index is 2.39. The first kappa shape index (κ1) is 16.9. The van der Waals surface area contributed by atoms with E-state index in [4.69, 9.17) is 4.74 Å². The number of halogens is 2. The Labute approximate surface area is 135 Å². The van der Waals surface area contributed by atoms with E-state index in [0.29, 0.717) is 10.0 Å². The molecule has 1 saturated carbocycles. The smallest absolute Gasteiger partial charge is 0.142 e. The number of hydrogen-bond donors (Lipinski definition) is 1. The summed E-state index contributed by atoms with van der Waals surface area (Å²) in [5.74, 6) is 0.543. The summed E-state index contributed by atoms with van der Waals surface area (Å²) in [6, 6.07) is 5.38. The van der Waals surface area contributed by atoms with Gasteiger partial charge in [0.15, 0.2) is 0 Å². The predicted molar refractivity (Wildman–Crippen MR) is 87.9 cm³/mol. The lowest BCUT2D eigenvalue weighted by Gasteiger charge is -2.44. The van der Waals surface area contributed by atoms with Crippen LogP contribution in [0.1, 0.15) is 51.1 Å². The van der Waals surface area contributed by atoms with Crippen LogP contribution in [0.2, 0.25) is 0 Å². The van der Waals surface area contributed by atoms with Crippen LogP contribution in [-0.4, -0.2) is 19.3 Å². The quantitative estimate of drug-likeness (QED) is 0.814. The van der Waals surface area contributed by atoms with Gasteiger partial charge in [0.2, 0.25) is 0 Å². The van der Waals surface area contributed by atoms with Crippen molar-refractivity contribution in [3.05, 3.63) is 34.1 Å². The van der Waals surface area contributed by atoms with Crippen LogP contribution in [0.3, 0.4) is 0 Å². The van der Waals surface area contributed by atoms with Crippen LogP contribution >= 0.6 is 15.9 Å². The van der Waals surface area contributed by atoms with Crippen molar-refractivity contribution in [2.45, 2.75) is 51.2 Å². The Hall–Kier alpha value is -0.450. The normalized spacial score (nSPS) is 27.6. The molecule has 2 rings (SSSR count). The zero-order valence-corrected chi connectivity index (χ0v) is 14.7. The Morgan fingerprint density at radius 3 is 2.67 bits per heavy atom. The van der Waals surface area contributed by atoms with Crippen LogP contribution < -0.4 is 5.32 Å². The van der Waals surface area contributed by atoms with Gasteiger partial charge in [0, 0.05) is 12.7 Å². The minimum absolute atomic E-state index is 0.113. The summed E-state index contributed by atoms with van der Waals surface area (Å²) in [5, 5.41) is 3.46. The molecular weight excluding hydrogens is 333 g/mol. The minimum atomic E-state index is -0.315. The second-order valence-electron chi connectivity index (χ2n) is 6.09. The Bertz CT molecular complexity index is 472. The monoisotopic (exact) mass is 357 g/mol. The third kappa shape index (κ3) is 3.49. The van der Waals surface area contributed by atoms with Crippen molar-refractivity contribution in [1.82, 2.24) is 5.32 Å². The van der Waals surface area contributed by atoms with Crippen molar-refractivity contribution in [1.29, 1.82) is 0 Å². The van der Waals surface area contributed by atoms with Gasteiger partial charge in [0.25, 0.3) is 0 Å². The van der Waals surface area contributed by atoms with E-state index in [1.165, 1.54) is 0 Å². The molecule has 1 fully saturated rings. The van der Waals surface area contributed by atoms with Gasteiger partial charge >= 0.3 is 0 Å². The molecule has 118 valence electrons. The summed E-state index contributed by atoms with van der Waals surface area (Å²) in [6.07, 6.45) is 4.19. The highest BCUT2D eigenvalue weighted by Gasteiger charge is 2.43. The van der Waals surface area contributed by atoms with Gasteiger partial charge in [-0.05, 0) is 60.1 Å². The number of methoxy groups -OCH3 is 1. The van der Waals surface area contributed by atoms with Gasteiger partial charge in [-0.1, -0.05) is 26.0 Å².